The number of hydrogen-bond donors (Lipinski definition) is 1. The van der Waals surface area contributed by atoms with Crippen LogP contribution in [0.3, 0.4) is 0 Å². The van der Waals surface area contributed by atoms with E-state index in [1.54, 1.807) is 0 Å². The van der Waals surface area contributed by atoms with Gasteiger partial charge in [0, 0.05) is 0 Å². The molecule has 0 aliphatic carbocycles. The van der Waals surface area contributed by atoms with Crippen LogP contribution >= 0.6 is 11.6 Å². The highest BCUT2D eigenvalue weighted by atomic mass is 35.5. The summed E-state index contributed by atoms with van der Waals surface area (Å²) >= 11 is 5.38. The van der Waals surface area contributed by atoms with E-state index in [1.165, 1.54) is 0 Å². The normalized spacial score (nSPS) is 29.3. The van der Waals surface area contributed by atoms with E-state index in [-0.39, 0.29) is 11.5 Å². The van der Waals surface area contributed by atoms with Gasteiger partial charge in [-0.2, -0.15) is 0 Å². The molecule has 7 heavy (non-hydrogen) atoms. The first-order chi connectivity index (χ1) is 3.29. The second kappa shape index (κ2) is 1.58. The van der Waals surface area contributed by atoms with E-state index >= 15 is 0 Å². The Morgan fingerprint density at radius 1 is 2.00 bits per heavy atom. The fourth-order valence-corrected chi connectivity index (χ4v) is 0.551. The first-order valence-electron chi connectivity index (χ1n) is 1.91. The Labute approximate surface area is 46.0 Å². The van der Waals surface area contributed by atoms with Crippen molar-refractivity contribution in [1.29, 1.82) is 0 Å². The molecule has 0 saturated carbocycles. The summed E-state index contributed by atoms with van der Waals surface area (Å²) in [5.41, 5.74) is -0.271. The van der Waals surface area contributed by atoms with Crippen molar-refractivity contribution >= 4 is 17.6 Å². The van der Waals surface area contributed by atoms with Crippen LogP contribution < -0.4 is 10.6 Å². The highest BCUT2D eigenvalue weighted by molar-refractivity contribution is 6.22. The molecule has 1 fully saturated rings. The molecule has 39 valence electrons. The maximum Gasteiger partial charge on any atom is 0.337 e. The molecule has 1 N–H and O–H groups in total. The molecule has 1 heterocycles. The first kappa shape index (κ1) is 4.71. The molecule has 3 nitrogen and oxygen atoms in total. The van der Waals surface area contributed by atoms with E-state index in [1.807, 2.05) is 0 Å². The van der Waals surface area contributed by atoms with Crippen molar-refractivity contribution in [2.24, 2.45) is 0 Å². The number of rotatable bonds is 0. The molecule has 0 spiro atoms. The van der Waals surface area contributed by atoms with Crippen LogP contribution in [0, 0.1) is 0 Å². The number of carbonyl (C=O) groups excluding carboxylic acids is 1. The number of nitrogens with zero attached hydrogens (tertiary/aromatic N) is 1. The zero-order valence-electron chi connectivity index (χ0n) is 3.52. The summed E-state index contributed by atoms with van der Waals surface area (Å²) in [6, 6.07) is -0.306. The van der Waals surface area contributed by atoms with Crippen LogP contribution in [0.15, 0.2) is 0 Å². The maximum absolute atomic E-state index is 10.1. The van der Waals surface area contributed by atoms with Crippen molar-refractivity contribution in [2.75, 3.05) is 6.54 Å². The van der Waals surface area contributed by atoms with Crippen LogP contribution in [0.25, 0.3) is 0 Å². The molecule has 1 radical (unpaired) electrons. The van der Waals surface area contributed by atoms with Gasteiger partial charge in [-0.15, -0.1) is 0 Å². The Morgan fingerprint density at radius 3 is 2.86 bits per heavy atom. The van der Waals surface area contributed by atoms with Gasteiger partial charge in [-0.3, -0.25) is 0 Å². The number of carbonyl (C=O) groups is 1. The molecule has 0 aromatic heterocycles. The molecule has 1 unspecified atom stereocenters. The highest BCUT2D eigenvalue weighted by Gasteiger charge is 2.17. The summed E-state index contributed by atoms with van der Waals surface area (Å²) in [7, 11) is 0. The smallest absolute Gasteiger partial charge is 0.318 e. The monoisotopic (exact) mass is 119 g/mol. The quantitative estimate of drug-likeness (QED) is 0.351. The minimum Gasteiger partial charge on any atom is -0.318 e. The molecule has 0 aromatic carbocycles. The summed E-state index contributed by atoms with van der Waals surface area (Å²) < 4.78 is 0. The minimum absolute atomic E-state index is 0.271. The minimum atomic E-state index is -0.306. The summed E-state index contributed by atoms with van der Waals surface area (Å²) in [4.78, 5) is 10.1. The number of halogens is 1. The van der Waals surface area contributed by atoms with Crippen LogP contribution in [0.1, 0.15) is 0 Å². The van der Waals surface area contributed by atoms with Crippen LogP contribution in [0.4, 0.5) is 4.79 Å². The lowest BCUT2D eigenvalue weighted by molar-refractivity contribution is 0.247. The Bertz CT molecular complexity index is 94.9. The van der Waals surface area contributed by atoms with E-state index in [0.29, 0.717) is 6.54 Å². The molecule has 0 bridgehead atoms. The van der Waals surface area contributed by atoms with Crippen LogP contribution in [0.5, 0.6) is 0 Å². The Morgan fingerprint density at radius 2 is 2.71 bits per heavy atom. The summed E-state index contributed by atoms with van der Waals surface area (Å²) in [6.07, 6.45) is 0. The zero-order chi connectivity index (χ0) is 5.28. The van der Waals surface area contributed by atoms with E-state index < -0.39 is 0 Å². The SMILES string of the molecule is O=C1[N]CC(Cl)N1. The predicted molar refractivity (Wildman–Crippen MR) is 25.2 cm³/mol. The van der Waals surface area contributed by atoms with Crippen LogP contribution in [0.2, 0.25) is 0 Å². The van der Waals surface area contributed by atoms with E-state index in [4.69, 9.17) is 11.6 Å². The van der Waals surface area contributed by atoms with Crippen molar-refractivity contribution in [2.45, 2.75) is 5.50 Å². The fraction of sp³-hybridized carbons (Fsp3) is 0.667. The number of urea groups is 1. The number of hydrogen-bond acceptors (Lipinski definition) is 1. The third-order valence-corrected chi connectivity index (χ3v) is 0.922. The second-order valence-electron chi connectivity index (χ2n) is 1.26. The zero-order valence-corrected chi connectivity index (χ0v) is 4.27. The standard InChI is InChI=1S/C3H4ClN2O/c4-2-1-5-3(7)6-2/h2H,1H2,(H,6,7). The van der Waals surface area contributed by atoms with E-state index in [0.717, 1.165) is 0 Å². The molecular weight excluding hydrogens is 115 g/mol. The number of alkyl halides is 1. The largest absolute Gasteiger partial charge is 0.337 e. The van der Waals surface area contributed by atoms with Gasteiger partial charge in [0.2, 0.25) is 0 Å². The third-order valence-electron chi connectivity index (χ3n) is 0.675. The van der Waals surface area contributed by atoms with Gasteiger partial charge in [-0.1, -0.05) is 11.6 Å². The Kier molecular flexibility index (Phi) is 1.06. The molecule has 1 aliphatic heterocycles. The lowest BCUT2D eigenvalue weighted by Crippen LogP contribution is -2.20. The topological polar surface area (TPSA) is 43.2 Å². The maximum atomic E-state index is 10.1. The Hall–Kier alpha value is -0.440. The van der Waals surface area contributed by atoms with Gasteiger partial charge in [-0.25, -0.2) is 10.1 Å². The third kappa shape index (κ3) is 0.962. The predicted octanol–water partition coefficient (Wildman–Crippen LogP) is -0.121. The number of nitrogens with one attached hydrogen (secondary N) is 1. The van der Waals surface area contributed by atoms with Crippen LogP contribution in [-0.4, -0.2) is 18.1 Å². The highest BCUT2D eigenvalue weighted by Crippen LogP contribution is 1.94. The van der Waals surface area contributed by atoms with Crippen molar-refractivity contribution < 1.29 is 4.79 Å². The van der Waals surface area contributed by atoms with Crippen molar-refractivity contribution in [3.05, 3.63) is 0 Å². The molecular formula is C3H4ClN2O. The van der Waals surface area contributed by atoms with Gasteiger partial charge < -0.3 is 5.32 Å². The summed E-state index contributed by atoms with van der Waals surface area (Å²) in [6.45, 7) is 0.403. The molecule has 2 amide bonds. The number of amides is 2. The fourth-order valence-electron chi connectivity index (χ4n) is 0.388. The second-order valence-corrected chi connectivity index (χ2v) is 1.78. The molecule has 1 atom stereocenters. The van der Waals surface area contributed by atoms with E-state index in [9.17, 15) is 4.79 Å². The van der Waals surface area contributed by atoms with E-state index in [2.05, 4.69) is 10.6 Å². The summed E-state index contributed by atoms with van der Waals surface area (Å²) in [5, 5.41) is 5.81. The Balaban J connectivity index is 2.40. The average Bonchev–Trinajstić information content (AvgIpc) is 1.87. The lowest BCUT2D eigenvalue weighted by Gasteiger charge is -1.89. The van der Waals surface area contributed by atoms with Crippen LogP contribution in [-0.2, 0) is 0 Å². The molecule has 0 aromatic rings. The van der Waals surface area contributed by atoms with Crippen molar-refractivity contribution in [1.82, 2.24) is 10.6 Å². The first-order valence-corrected chi connectivity index (χ1v) is 2.35. The van der Waals surface area contributed by atoms with Gasteiger partial charge in [0.1, 0.15) is 5.50 Å². The van der Waals surface area contributed by atoms with Gasteiger partial charge >= 0.3 is 6.03 Å². The summed E-state index contributed by atoms with van der Waals surface area (Å²) in [5.74, 6) is 0. The average molecular weight is 120 g/mol. The molecule has 4 heteroatoms. The molecule has 1 rings (SSSR count). The molecule has 1 aliphatic rings. The lowest BCUT2D eigenvalue weighted by atomic mass is 10.7. The van der Waals surface area contributed by atoms with Gasteiger partial charge in [-0.05, 0) is 0 Å². The van der Waals surface area contributed by atoms with Gasteiger partial charge in [0.05, 0.1) is 6.54 Å². The van der Waals surface area contributed by atoms with Crippen molar-refractivity contribution in [3.63, 3.8) is 0 Å². The van der Waals surface area contributed by atoms with Gasteiger partial charge in [0.25, 0.3) is 0 Å². The molecule has 1 saturated heterocycles. The van der Waals surface area contributed by atoms with Gasteiger partial charge in [0.15, 0.2) is 0 Å². The van der Waals surface area contributed by atoms with Crippen molar-refractivity contribution in [3.8, 4) is 0 Å².